The summed E-state index contributed by atoms with van der Waals surface area (Å²) >= 11 is 0. The first kappa shape index (κ1) is 10.7. The van der Waals surface area contributed by atoms with E-state index in [4.69, 9.17) is 15.7 Å². The molecule has 4 heteroatoms. The van der Waals surface area contributed by atoms with Gasteiger partial charge in [0, 0.05) is 6.42 Å². The highest BCUT2D eigenvalue weighted by Crippen LogP contribution is 2.42. The van der Waals surface area contributed by atoms with Gasteiger partial charge in [0.25, 0.3) is 0 Å². The Morgan fingerprint density at radius 3 is 2.73 bits per heavy atom. The van der Waals surface area contributed by atoms with Crippen LogP contribution in [0.2, 0.25) is 0 Å². The van der Waals surface area contributed by atoms with E-state index in [2.05, 4.69) is 5.16 Å². The molecule has 0 aromatic heterocycles. The van der Waals surface area contributed by atoms with Crippen molar-refractivity contribution in [2.24, 2.45) is 10.9 Å². The van der Waals surface area contributed by atoms with Gasteiger partial charge >= 0.3 is 0 Å². The van der Waals surface area contributed by atoms with Gasteiger partial charge in [-0.2, -0.15) is 0 Å². The second-order valence-electron chi connectivity index (χ2n) is 4.82. The Hall–Kier alpha value is -0.770. The van der Waals surface area contributed by atoms with Crippen molar-refractivity contribution < 1.29 is 9.94 Å². The predicted molar refractivity (Wildman–Crippen MR) is 57.9 cm³/mol. The first-order valence-electron chi connectivity index (χ1n) is 5.88. The minimum atomic E-state index is 0.138. The van der Waals surface area contributed by atoms with Crippen LogP contribution in [0.5, 0.6) is 0 Å². The highest BCUT2D eigenvalue weighted by molar-refractivity contribution is 5.80. The van der Waals surface area contributed by atoms with Crippen molar-refractivity contribution in [3.05, 3.63) is 0 Å². The summed E-state index contributed by atoms with van der Waals surface area (Å²) < 4.78 is 6.09. The summed E-state index contributed by atoms with van der Waals surface area (Å²) in [5.41, 5.74) is 5.63. The van der Waals surface area contributed by atoms with Gasteiger partial charge in [-0.3, -0.25) is 0 Å². The fourth-order valence-corrected chi connectivity index (χ4v) is 2.88. The minimum Gasteiger partial charge on any atom is -0.409 e. The topological polar surface area (TPSA) is 67.8 Å². The molecule has 2 aliphatic rings. The summed E-state index contributed by atoms with van der Waals surface area (Å²) in [6, 6.07) is 0. The number of hydrogen-bond acceptors (Lipinski definition) is 3. The average molecular weight is 212 g/mol. The Morgan fingerprint density at radius 1 is 1.33 bits per heavy atom. The Labute approximate surface area is 90.5 Å². The van der Waals surface area contributed by atoms with Crippen LogP contribution in [0, 0.1) is 0 Å². The van der Waals surface area contributed by atoms with Crippen LogP contribution < -0.4 is 5.73 Å². The zero-order chi connectivity index (χ0) is 10.7. The van der Waals surface area contributed by atoms with Gasteiger partial charge < -0.3 is 15.7 Å². The van der Waals surface area contributed by atoms with Gasteiger partial charge in [-0.1, -0.05) is 24.4 Å². The number of nitrogens with zero attached hydrogens (tertiary/aromatic N) is 1. The van der Waals surface area contributed by atoms with E-state index in [0.29, 0.717) is 6.42 Å². The van der Waals surface area contributed by atoms with E-state index in [1.807, 2.05) is 0 Å². The molecule has 2 rings (SSSR count). The Kier molecular flexibility index (Phi) is 3.14. The standard InChI is InChI=1S/C11H20N2O2/c12-10(13-14)8-9-4-7-11(15-9)5-2-1-3-6-11/h9,14H,1-8H2,(H2,12,13). The molecule has 1 saturated heterocycles. The van der Waals surface area contributed by atoms with Gasteiger partial charge in [0.2, 0.25) is 0 Å². The molecule has 4 nitrogen and oxygen atoms in total. The molecule has 3 N–H and O–H groups in total. The van der Waals surface area contributed by atoms with Gasteiger partial charge in [0.05, 0.1) is 11.7 Å². The largest absolute Gasteiger partial charge is 0.409 e. The van der Waals surface area contributed by atoms with Gasteiger partial charge in [-0.05, 0) is 25.7 Å². The molecule has 0 aromatic rings. The quantitative estimate of drug-likeness (QED) is 0.318. The lowest BCUT2D eigenvalue weighted by Gasteiger charge is -2.33. The lowest BCUT2D eigenvalue weighted by Crippen LogP contribution is -2.32. The molecular weight excluding hydrogens is 192 g/mol. The molecule has 1 aliphatic heterocycles. The molecule has 0 aromatic carbocycles. The maximum Gasteiger partial charge on any atom is 0.141 e. The zero-order valence-electron chi connectivity index (χ0n) is 9.11. The lowest BCUT2D eigenvalue weighted by atomic mass is 9.83. The van der Waals surface area contributed by atoms with E-state index >= 15 is 0 Å². The Morgan fingerprint density at radius 2 is 2.07 bits per heavy atom. The minimum absolute atomic E-state index is 0.138. The second-order valence-corrected chi connectivity index (χ2v) is 4.82. The molecule has 1 heterocycles. The molecule has 0 amide bonds. The highest BCUT2D eigenvalue weighted by Gasteiger charge is 2.40. The number of ether oxygens (including phenoxy) is 1. The smallest absolute Gasteiger partial charge is 0.141 e. The van der Waals surface area contributed by atoms with Gasteiger partial charge in [-0.15, -0.1) is 0 Å². The second kappa shape index (κ2) is 4.39. The molecule has 15 heavy (non-hydrogen) atoms. The van der Waals surface area contributed by atoms with E-state index in [-0.39, 0.29) is 17.5 Å². The molecule has 0 radical (unpaired) electrons. The fourth-order valence-electron chi connectivity index (χ4n) is 2.88. The Balaban J connectivity index is 1.88. The molecular formula is C11H20N2O2. The van der Waals surface area contributed by atoms with E-state index < -0.39 is 0 Å². The van der Waals surface area contributed by atoms with E-state index in [1.165, 1.54) is 32.1 Å². The molecule has 1 spiro atoms. The van der Waals surface area contributed by atoms with E-state index in [9.17, 15) is 0 Å². The van der Waals surface area contributed by atoms with Crippen molar-refractivity contribution in [1.82, 2.24) is 0 Å². The first-order valence-corrected chi connectivity index (χ1v) is 5.88. The van der Waals surface area contributed by atoms with Crippen LogP contribution in [0.1, 0.15) is 51.4 Å². The van der Waals surface area contributed by atoms with Crippen LogP contribution in [0.4, 0.5) is 0 Å². The Bertz CT molecular complexity index is 247. The number of rotatable bonds is 2. The summed E-state index contributed by atoms with van der Waals surface area (Å²) in [6.45, 7) is 0. The van der Waals surface area contributed by atoms with Crippen molar-refractivity contribution in [3.63, 3.8) is 0 Å². The summed E-state index contributed by atoms with van der Waals surface area (Å²) in [7, 11) is 0. The maximum absolute atomic E-state index is 8.50. The van der Waals surface area contributed by atoms with Crippen LogP contribution in [-0.2, 0) is 4.74 Å². The number of amidine groups is 1. The van der Waals surface area contributed by atoms with Crippen LogP contribution in [-0.4, -0.2) is 22.7 Å². The van der Waals surface area contributed by atoms with E-state index in [1.54, 1.807) is 0 Å². The van der Waals surface area contributed by atoms with Crippen LogP contribution in [0.25, 0.3) is 0 Å². The van der Waals surface area contributed by atoms with Crippen molar-refractivity contribution in [2.45, 2.75) is 63.1 Å². The van der Waals surface area contributed by atoms with Crippen molar-refractivity contribution in [2.75, 3.05) is 0 Å². The molecule has 1 atom stereocenters. The summed E-state index contributed by atoms with van der Waals surface area (Å²) in [4.78, 5) is 0. The fraction of sp³-hybridized carbons (Fsp3) is 0.909. The average Bonchev–Trinajstić information content (AvgIpc) is 2.62. The molecule has 1 saturated carbocycles. The van der Waals surface area contributed by atoms with E-state index in [0.717, 1.165) is 12.8 Å². The maximum atomic E-state index is 8.50. The highest BCUT2D eigenvalue weighted by atomic mass is 16.5. The van der Waals surface area contributed by atoms with Crippen LogP contribution in [0.3, 0.4) is 0 Å². The van der Waals surface area contributed by atoms with Gasteiger partial charge in [0.1, 0.15) is 5.84 Å². The third-order valence-corrected chi connectivity index (χ3v) is 3.67. The van der Waals surface area contributed by atoms with Gasteiger partial charge in [0.15, 0.2) is 0 Å². The van der Waals surface area contributed by atoms with Crippen LogP contribution in [0.15, 0.2) is 5.16 Å². The molecule has 1 aliphatic carbocycles. The normalized spacial score (nSPS) is 30.9. The van der Waals surface area contributed by atoms with Gasteiger partial charge in [-0.25, -0.2) is 0 Å². The number of nitrogens with two attached hydrogens (primary N) is 1. The lowest BCUT2D eigenvalue weighted by molar-refractivity contribution is -0.0609. The monoisotopic (exact) mass is 212 g/mol. The summed E-state index contributed by atoms with van der Waals surface area (Å²) in [6.07, 6.45) is 9.24. The third kappa shape index (κ3) is 2.43. The summed E-state index contributed by atoms with van der Waals surface area (Å²) in [5.74, 6) is 0.285. The molecule has 86 valence electrons. The first-order chi connectivity index (χ1) is 7.24. The molecule has 1 unspecified atom stereocenters. The van der Waals surface area contributed by atoms with Crippen LogP contribution >= 0.6 is 0 Å². The molecule has 2 fully saturated rings. The predicted octanol–water partition coefficient (Wildman–Crippen LogP) is 2.00. The van der Waals surface area contributed by atoms with Crippen molar-refractivity contribution in [1.29, 1.82) is 0 Å². The van der Waals surface area contributed by atoms with Crippen molar-refractivity contribution in [3.8, 4) is 0 Å². The molecule has 0 bridgehead atoms. The SMILES string of the molecule is NC(CC1CCC2(CCCCC2)O1)=NO. The number of hydrogen-bond donors (Lipinski definition) is 2. The number of oxime groups is 1. The van der Waals surface area contributed by atoms with Crippen molar-refractivity contribution >= 4 is 5.84 Å². The summed E-state index contributed by atoms with van der Waals surface area (Å²) in [5, 5.41) is 11.5. The third-order valence-electron chi connectivity index (χ3n) is 3.67. The zero-order valence-corrected chi connectivity index (χ0v) is 9.11.